The molecule has 0 bridgehead atoms. The number of allylic oxidation sites excluding steroid dienone is 2. The first-order chi connectivity index (χ1) is 10.1. The molecule has 0 aliphatic rings. The summed E-state index contributed by atoms with van der Waals surface area (Å²) in [4.78, 5) is 25.0. The normalized spacial score (nSPS) is 10.3. The highest BCUT2D eigenvalue weighted by molar-refractivity contribution is 6.14. The molecule has 21 heavy (non-hydrogen) atoms. The molecule has 0 heterocycles. The van der Waals surface area contributed by atoms with Crippen LogP contribution in [0.2, 0.25) is 0 Å². The third-order valence-electron chi connectivity index (χ3n) is 2.32. The second-order valence-electron chi connectivity index (χ2n) is 3.85. The number of ether oxygens (including phenoxy) is 2. The summed E-state index contributed by atoms with van der Waals surface area (Å²) in [6.45, 7) is 4.10. The number of aliphatic hydroxyl groups excluding tert-OH is 2. The summed E-state index contributed by atoms with van der Waals surface area (Å²) in [6, 6.07) is 0. The molecule has 0 amide bonds. The second-order valence-corrected chi connectivity index (χ2v) is 3.85. The Balaban J connectivity index is 4.95. The van der Waals surface area contributed by atoms with E-state index in [0.717, 1.165) is 0 Å². The molecule has 120 valence electrons. The summed E-state index contributed by atoms with van der Waals surface area (Å²) in [5.74, 6) is -1.51. The molecule has 0 aromatic rings. The maximum atomic E-state index is 11.7. The number of hydrogen-bond acceptors (Lipinski definition) is 7. The maximum Gasteiger partial charge on any atom is 0.345 e. The summed E-state index contributed by atoms with van der Waals surface area (Å²) in [6.07, 6.45) is 4.32. The molecule has 0 spiro atoms. The Bertz CT molecular complexity index is 352. The highest BCUT2D eigenvalue weighted by Gasteiger charge is 2.19. The highest BCUT2D eigenvalue weighted by atomic mass is 16.6. The molecule has 0 saturated carbocycles. The van der Waals surface area contributed by atoms with Gasteiger partial charge in [0.15, 0.2) is 0 Å². The van der Waals surface area contributed by atoms with Crippen molar-refractivity contribution in [1.82, 2.24) is 4.90 Å². The van der Waals surface area contributed by atoms with Gasteiger partial charge in [-0.05, 0) is 32.2 Å². The van der Waals surface area contributed by atoms with Crippen LogP contribution in [-0.4, -0.2) is 66.6 Å². The second kappa shape index (κ2) is 11.9. The lowest BCUT2D eigenvalue weighted by atomic mass is 10.2. The van der Waals surface area contributed by atoms with E-state index in [1.54, 1.807) is 24.9 Å². The van der Waals surface area contributed by atoms with Gasteiger partial charge in [-0.2, -0.15) is 0 Å². The van der Waals surface area contributed by atoms with Crippen molar-refractivity contribution in [2.75, 3.05) is 39.5 Å². The fraction of sp³-hybridized carbons (Fsp3) is 0.571. The zero-order valence-electron chi connectivity index (χ0n) is 12.4. The lowest BCUT2D eigenvalue weighted by Gasteiger charge is -2.17. The molecule has 7 heteroatoms. The van der Waals surface area contributed by atoms with Crippen molar-refractivity contribution in [1.29, 1.82) is 0 Å². The molecule has 0 aromatic carbocycles. The maximum absolute atomic E-state index is 11.7. The van der Waals surface area contributed by atoms with E-state index in [2.05, 4.69) is 0 Å². The van der Waals surface area contributed by atoms with E-state index in [9.17, 15) is 9.59 Å². The van der Waals surface area contributed by atoms with Crippen LogP contribution in [0.15, 0.2) is 23.9 Å². The Kier molecular flexibility index (Phi) is 10.9. The Morgan fingerprint density at radius 1 is 1.00 bits per heavy atom. The fourth-order valence-corrected chi connectivity index (χ4v) is 1.42. The minimum absolute atomic E-state index is 0.0728. The van der Waals surface area contributed by atoms with E-state index in [1.807, 2.05) is 0 Å². The summed E-state index contributed by atoms with van der Waals surface area (Å²) in [5.41, 5.74) is -0.206. The number of nitrogens with zero attached hydrogens (tertiary/aromatic N) is 1. The number of rotatable bonds is 10. The molecule has 0 rings (SSSR count). The minimum Gasteiger partial charge on any atom is -0.462 e. The SMILES string of the molecule is CCOC(=O)C(=C/C=C/N(CCO)CCO)C(=O)OCC. The van der Waals surface area contributed by atoms with Gasteiger partial charge in [0.2, 0.25) is 0 Å². The predicted molar refractivity (Wildman–Crippen MR) is 76.2 cm³/mol. The number of aliphatic hydroxyl groups is 2. The van der Waals surface area contributed by atoms with Crippen molar-refractivity contribution in [3.8, 4) is 0 Å². The van der Waals surface area contributed by atoms with Crippen molar-refractivity contribution in [3.05, 3.63) is 23.9 Å². The van der Waals surface area contributed by atoms with Gasteiger partial charge in [-0.1, -0.05) is 0 Å². The van der Waals surface area contributed by atoms with Crippen LogP contribution in [0.25, 0.3) is 0 Å². The lowest BCUT2D eigenvalue weighted by Crippen LogP contribution is -2.24. The average Bonchev–Trinajstić information content (AvgIpc) is 2.44. The monoisotopic (exact) mass is 301 g/mol. The Morgan fingerprint density at radius 3 is 1.86 bits per heavy atom. The zero-order valence-corrected chi connectivity index (χ0v) is 12.4. The van der Waals surface area contributed by atoms with Crippen LogP contribution in [-0.2, 0) is 19.1 Å². The molecule has 0 unspecified atom stereocenters. The third-order valence-corrected chi connectivity index (χ3v) is 2.32. The summed E-state index contributed by atoms with van der Waals surface area (Å²) in [5, 5.41) is 17.7. The Morgan fingerprint density at radius 2 is 1.48 bits per heavy atom. The van der Waals surface area contributed by atoms with Crippen molar-refractivity contribution in [2.45, 2.75) is 13.8 Å². The van der Waals surface area contributed by atoms with Crippen LogP contribution in [0, 0.1) is 0 Å². The van der Waals surface area contributed by atoms with E-state index in [0.29, 0.717) is 13.1 Å². The van der Waals surface area contributed by atoms with E-state index >= 15 is 0 Å². The van der Waals surface area contributed by atoms with Gasteiger partial charge in [-0.25, -0.2) is 9.59 Å². The quantitative estimate of drug-likeness (QED) is 0.190. The molecule has 0 aliphatic heterocycles. The Labute approximate surface area is 124 Å². The van der Waals surface area contributed by atoms with Crippen molar-refractivity contribution in [3.63, 3.8) is 0 Å². The van der Waals surface area contributed by atoms with Crippen LogP contribution in [0.3, 0.4) is 0 Å². The predicted octanol–water partition coefficient (Wildman–Crippen LogP) is -0.161. The highest BCUT2D eigenvalue weighted by Crippen LogP contribution is 2.03. The van der Waals surface area contributed by atoms with E-state index in [1.165, 1.54) is 12.2 Å². The fourth-order valence-electron chi connectivity index (χ4n) is 1.42. The lowest BCUT2D eigenvalue weighted by molar-refractivity contribution is -0.146. The smallest absolute Gasteiger partial charge is 0.345 e. The van der Waals surface area contributed by atoms with E-state index in [-0.39, 0.29) is 32.0 Å². The molecule has 0 aromatic heterocycles. The molecule has 0 atom stereocenters. The van der Waals surface area contributed by atoms with Crippen molar-refractivity contribution >= 4 is 11.9 Å². The molecular weight excluding hydrogens is 278 g/mol. The standard InChI is InChI=1S/C14H23NO6/c1-3-20-13(18)12(14(19)21-4-2)6-5-7-15(8-10-16)9-11-17/h5-7,16-17H,3-4,8-11H2,1-2H3/b7-5+. The first-order valence-corrected chi connectivity index (χ1v) is 6.79. The van der Waals surface area contributed by atoms with Crippen molar-refractivity contribution < 1.29 is 29.3 Å². The van der Waals surface area contributed by atoms with Crippen LogP contribution < -0.4 is 0 Å². The largest absolute Gasteiger partial charge is 0.462 e. The molecule has 0 radical (unpaired) electrons. The number of carbonyl (C=O) groups is 2. The van der Waals surface area contributed by atoms with E-state index in [4.69, 9.17) is 19.7 Å². The molecule has 7 nitrogen and oxygen atoms in total. The molecular formula is C14H23NO6. The van der Waals surface area contributed by atoms with Crippen LogP contribution in [0.4, 0.5) is 0 Å². The number of hydrogen-bond donors (Lipinski definition) is 2. The summed E-state index contributed by atoms with van der Waals surface area (Å²) in [7, 11) is 0. The first kappa shape index (κ1) is 19.1. The van der Waals surface area contributed by atoms with Gasteiger partial charge < -0.3 is 24.6 Å². The molecule has 2 N–H and O–H groups in total. The van der Waals surface area contributed by atoms with Gasteiger partial charge in [-0.3, -0.25) is 0 Å². The Hall–Kier alpha value is -1.86. The van der Waals surface area contributed by atoms with Gasteiger partial charge in [0.25, 0.3) is 0 Å². The molecule has 0 aliphatic carbocycles. The zero-order chi connectivity index (χ0) is 16.1. The van der Waals surface area contributed by atoms with Gasteiger partial charge in [0.05, 0.1) is 26.4 Å². The molecule has 0 fully saturated rings. The van der Waals surface area contributed by atoms with Gasteiger partial charge in [-0.15, -0.1) is 0 Å². The molecule has 0 saturated heterocycles. The minimum atomic E-state index is -0.753. The van der Waals surface area contributed by atoms with Gasteiger partial charge in [0, 0.05) is 13.1 Å². The number of carbonyl (C=O) groups excluding carboxylic acids is 2. The van der Waals surface area contributed by atoms with Gasteiger partial charge in [0.1, 0.15) is 5.57 Å². The summed E-state index contributed by atoms with van der Waals surface area (Å²) < 4.78 is 9.58. The number of esters is 2. The average molecular weight is 301 g/mol. The van der Waals surface area contributed by atoms with Crippen molar-refractivity contribution in [2.24, 2.45) is 0 Å². The summed E-state index contributed by atoms with van der Waals surface area (Å²) >= 11 is 0. The van der Waals surface area contributed by atoms with Crippen LogP contribution in [0.5, 0.6) is 0 Å². The van der Waals surface area contributed by atoms with E-state index < -0.39 is 11.9 Å². The topological polar surface area (TPSA) is 96.3 Å². The van der Waals surface area contributed by atoms with Gasteiger partial charge >= 0.3 is 11.9 Å². The van der Waals surface area contributed by atoms with Crippen LogP contribution in [0.1, 0.15) is 13.8 Å². The first-order valence-electron chi connectivity index (χ1n) is 6.79. The van der Waals surface area contributed by atoms with Crippen LogP contribution >= 0.6 is 0 Å². The third kappa shape index (κ3) is 8.11.